The quantitative estimate of drug-likeness (QED) is 0.602. The Kier molecular flexibility index (Phi) is 5.71. The molecule has 1 saturated carbocycles. The summed E-state index contributed by atoms with van der Waals surface area (Å²) in [5.74, 6) is 0.847. The lowest BCUT2D eigenvalue weighted by atomic mass is 10.1. The van der Waals surface area contributed by atoms with Gasteiger partial charge in [-0.05, 0) is 44.2 Å². The average Bonchev–Trinajstić information content (AvgIpc) is 3.54. The van der Waals surface area contributed by atoms with Crippen LogP contribution < -0.4 is 19.7 Å². The van der Waals surface area contributed by atoms with Gasteiger partial charge in [-0.15, -0.1) is 0 Å². The molecule has 11 heteroatoms. The molecule has 1 amide bonds. The van der Waals surface area contributed by atoms with Gasteiger partial charge in [0.2, 0.25) is 11.5 Å². The smallest absolute Gasteiger partial charge is 0.413 e. The van der Waals surface area contributed by atoms with E-state index in [1.165, 1.54) is 23.9 Å². The molecule has 3 aromatic rings. The second kappa shape index (κ2) is 8.81. The van der Waals surface area contributed by atoms with Gasteiger partial charge in [-0.25, -0.2) is 23.7 Å². The molecule has 3 atom stereocenters. The highest BCUT2D eigenvalue weighted by Crippen LogP contribution is 2.39. The third kappa shape index (κ3) is 4.28. The lowest BCUT2D eigenvalue weighted by Gasteiger charge is -2.26. The molecule has 2 fully saturated rings. The van der Waals surface area contributed by atoms with Gasteiger partial charge >= 0.3 is 6.09 Å². The third-order valence-corrected chi connectivity index (χ3v) is 6.20. The summed E-state index contributed by atoms with van der Waals surface area (Å²) in [7, 11) is 1.51. The molecule has 3 aromatic heterocycles. The Hall–Kier alpha value is -3.47. The van der Waals surface area contributed by atoms with Crippen LogP contribution in [0.25, 0.3) is 5.65 Å². The summed E-state index contributed by atoms with van der Waals surface area (Å²) >= 11 is 0. The first-order valence-electron chi connectivity index (χ1n) is 11.0. The molecule has 1 saturated heterocycles. The van der Waals surface area contributed by atoms with E-state index in [0.29, 0.717) is 42.2 Å². The average molecular weight is 456 g/mol. The predicted molar refractivity (Wildman–Crippen MR) is 116 cm³/mol. The fraction of sp³-hybridized carbons (Fsp3) is 0.455. The van der Waals surface area contributed by atoms with Crippen molar-refractivity contribution in [3.8, 4) is 11.6 Å². The van der Waals surface area contributed by atoms with Crippen LogP contribution in [0.2, 0.25) is 0 Å². The SMILES string of the molecule is COc1ncc(F)cc1[C@H]1CCCN1c1ccn2ncc(OC(=O)N[C@H]3CC[C@H](O)C3)c2n1. The maximum Gasteiger partial charge on any atom is 0.413 e. The number of ether oxygens (including phenoxy) is 2. The first-order chi connectivity index (χ1) is 16.0. The lowest BCUT2D eigenvalue weighted by molar-refractivity contribution is 0.176. The molecule has 5 rings (SSSR count). The number of rotatable bonds is 5. The second-order valence-electron chi connectivity index (χ2n) is 8.36. The number of pyridine rings is 1. The number of aliphatic hydroxyl groups excluding tert-OH is 1. The number of carbonyl (C=O) groups is 1. The number of nitrogens with zero attached hydrogens (tertiary/aromatic N) is 5. The summed E-state index contributed by atoms with van der Waals surface area (Å²) in [6.45, 7) is 0.725. The van der Waals surface area contributed by atoms with Crippen LogP contribution in [0.3, 0.4) is 0 Å². The summed E-state index contributed by atoms with van der Waals surface area (Å²) < 4.78 is 26.3. The number of aliphatic hydroxyl groups is 1. The highest BCUT2D eigenvalue weighted by atomic mass is 19.1. The van der Waals surface area contributed by atoms with Crippen LogP contribution in [0.4, 0.5) is 15.0 Å². The van der Waals surface area contributed by atoms with E-state index < -0.39 is 18.0 Å². The van der Waals surface area contributed by atoms with E-state index in [4.69, 9.17) is 14.5 Å². The van der Waals surface area contributed by atoms with Gasteiger partial charge in [-0.3, -0.25) is 0 Å². The minimum absolute atomic E-state index is 0.113. The Bertz CT molecular complexity index is 1170. The van der Waals surface area contributed by atoms with E-state index in [9.17, 15) is 14.3 Å². The summed E-state index contributed by atoms with van der Waals surface area (Å²) in [6.07, 6.45) is 6.91. The van der Waals surface area contributed by atoms with E-state index in [1.54, 1.807) is 6.20 Å². The van der Waals surface area contributed by atoms with Crippen molar-refractivity contribution in [2.24, 2.45) is 0 Å². The molecule has 4 heterocycles. The van der Waals surface area contributed by atoms with Crippen molar-refractivity contribution in [3.63, 3.8) is 0 Å². The van der Waals surface area contributed by atoms with Crippen molar-refractivity contribution in [3.05, 3.63) is 42.1 Å². The molecule has 174 valence electrons. The van der Waals surface area contributed by atoms with E-state index in [2.05, 4.69) is 20.3 Å². The molecule has 1 aliphatic heterocycles. The standard InChI is InChI=1S/C22H25FN6O4/c1-32-21-16(9-13(23)11-24-21)17-3-2-7-28(17)19-6-8-29-20(27-19)18(12-25-29)33-22(31)26-14-4-5-15(30)10-14/h6,8-9,11-12,14-15,17,30H,2-5,7,10H2,1H3,(H,26,31)/t14-,15-,17+/m0/s1. The van der Waals surface area contributed by atoms with E-state index >= 15 is 0 Å². The topological polar surface area (TPSA) is 114 Å². The van der Waals surface area contributed by atoms with Gasteiger partial charge in [0, 0.05) is 24.3 Å². The predicted octanol–water partition coefficient (Wildman–Crippen LogP) is 2.62. The van der Waals surface area contributed by atoms with E-state index in [0.717, 1.165) is 25.6 Å². The molecule has 2 N–H and O–H groups in total. The van der Waals surface area contributed by atoms with Crippen LogP contribution in [0.5, 0.6) is 11.6 Å². The Morgan fingerprint density at radius 1 is 1.30 bits per heavy atom. The highest BCUT2D eigenvalue weighted by molar-refractivity contribution is 5.73. The summed E-state index contributed by atoms with van der Waals surface area (Å²) in [4.78, 5) is 23.2. The molecule has 1 aliphatic carbocycles. The molecule has 10 nitrogen and oxygen atoms in total. The maximum atomic E-state index is 13.9. The van der Waals surface area contributed by atoms with Crippen molar-refractivity contribution < 1.29 is 23.8 Å². The highest BCUT2D eigenvalue weighted by Gasteiger charge is 2.31. The number of hydrogen-bond acceptors (Lipinski definition) is 8. The van der Waals surface area contributed by atoms with Crippen molar-refractivity contribution >= 4 is 17.6 Å². The zero-order chi connectivity index (χ0) is 22.9. The van der Waals surface area contributed by atoms with Crippen molar-refractivity contribution in [2.75, 3.05) is 18.6 Å². The summed E-state index contributed by atoms with van der Waals surface area (Å²) in [6, 6.07) is 3.01. The minimum Gasteiger partial charge on any atom is -0.481 e. The van der Waals surface area contributed by atoms with Gasteiger partial charge in [0.15, 0.2) is 5.75 Å². The minimum atomic E-state index is -0.606. The molecule has 33 heavy (non-hydrogen) atoms. The van der Waals surface area contributed by atoms with Crippen molar-refractivity contribution in [1.82, 2.24) is 24.9 Å². The van der Waals surface area contributed by atoms with Crippen LogP contribution in [-0.2, 0) is 0 Å². The zero-order valence-corrected chi connectivity index (χ0v) is 18.1. The monoisotopic (exact) mass is 456 g/mol. The fourth-order valence-corrected chi connectivity index (χ4v) is 4.67. The normalized spacial score (nSPS) is 22.6. The van der Waals surface area contributed by atoms with Crippen LogP contribution in [0.1, 0.15) is 43.7 Å². The van der Waals surface area contributed by atoms with Gasteiger partial charge in [0.05, 0.1) is 31.6 Å². The molecule has 2 aliphatic rings. The van der Waals surface area contributed by atoms with Crippen LogP contribution in [0.15, 0.2) is 30.7 Å². The number of fused-ring (bicyclic) bond motifs is 1. The number of nitrogens with one attached hydrogen (secondary N) is 1. The first kappa shape index (κ1) is 21.4. The summed E-state index contributed by atoms with van der Waals surface area (Å²) in [5.41, 5.74) is 1.06. The number of methoxy groups -OCH3 is 1. The van der Waals surface area contributed by atoms with Crippen molar-refractivity contribution in [2.45, 2.75) is 50.3 Å². The number of hydrogen-bond donors (Lipinski definition) is 2. The number of halogens is 1. The Balaban J connectivity index is 1.39. The fourth-order valence-electron chi connectivity index (χ4n) is 4.67. The van der Waals surface area contributed by atoms with Crippen LogP contribution in [0, 0.1) is 5.82 Å². The third-order valence-electron chi connectivity index (χ3n) is 6.20. The number of carbonyl (C=O) groups excluding carboxylic acids is 1. The largest absolute Gasteiger partial charge is 0.481 e. The van der Waals surface area contributed by atoms with Gasteiger partial charge in [0.1, 0.15) is 11.6 Å². The number of anilines is 1. The molecule has 0 spiro atoms. The van der Waals surface area contributed by atoms with Crippen LogP contribution >= 0.6 is 0 Å². The molecule has 0 radical (unpaired) electrons. The van der Waals surface area contributed by atoms with Crippen LogP contribution in [-0.4, -0.2) is 56.6 Å². The zero-order valence-electron chi connectivity index (χ0n) is 18.1. The molecular weight excluding hydrogens is 431 g/mol. The van der Waals surface area contributed by atoms with Gasteiger partial charge in [-0.2, -0.15) is 5.10 Å². The van der Waals surface area contributed by atoms with E-state index in [1.807, 2.05) is 6.07 Å². The van der Waals surface area contributed by atoms with Gasteiger partial charge < -0.3 is 24.8 Å². The molecule has 0 unspecified atom stereocenters. The Morgan fingerprint density at radius 2 is 2.18 bits per heavy atom. The van der Waals surface area contributed by atoms with Crippen molar-refractivity contribution in [1.29, 1.82) is 0 Å². The molecule has 0 aromatic carbocycles. The lowest BCUT2D eigenvalue weighted by Crippen LogP contribution is -2.35. The number of aromatic nitrogens is 4. The Morgan fingerprint density at radius 3 is 2.97 bits per heavy atom. The van der Waals surface area contributed by atoms with Gasteiger partial charge in [0.25, 0.3) is 0 Å². The number of amides is 1. The molecule has 0 bridgehead atoms. The van der Waals surface area contributed by atoms with E-state index in [-0.39, 0.29) is 17.8 Å². The molecular formula is C22H25FN6O4. The maximum absolute atomic E-state index is 13.9. The first-order valence-corrected chi connectivity index (χ1v) is 11.0. The summed E-state index contributed by atoms with van der Waals surface area (Å²) in [5, 5.41) is 16.6. The van der Waals surface area contributed by atoms with Gasteiger partial charge in [-0.1, -0.05) is 0 Å². The second-order valence-corrected chi connectivity index (χ2v) is 8.36. The Labute approximate surface area is 189 Å².